The largest absolute Gasteiger partial charge is 0.388 e. The highest BCUT2D eigenvalue weighted by molar-refractivity contribution is 4.92. The molecular weight excluding hydrogens is 324 g/mol. The summed E-state index contributed by atoms with van der Waals surface area (Å²) in [5, 5.41) is 49.9. The minimum absolute atomic E-state index is 0.237. The van der Waals surface area contributed by atoms with Gasteiger partial charge in [-0.1, -0.05) is 0 Å². The zero-order valence-electron chi connectivity index (χ0n) is 14.2. The highest BCUT2D eigenvalue weighted by atomic mass is 16.8. The van der Waals surface area contributed by atoms with Crippen molar-refractivity contribution in [3.63, 3.8) is 0 Å². The lowest BCUT2D eigenvalue weighted by Crippen LogP contribution is -2.63. The zero-order chi connectivity index (χ0) is 18.2. The lowest BCUT2D eigenvalue weighted by atomic mass is 9.98. The standard InChI is InChI=1S/C15H28O9/c1-5(2)21-15-13(11(19)9(17)7(4)23-15)24-14-12(20)10(18)8(16)6(3)22-14/h5-20H,1-4H3/t6-,7+,8-,9+,10+,11-,12+,13-,14?,15?/m0/s1. The Kier molecular flexibility index (Phi) is 6.57. The molecule has 142 valence electrons. The second-order valence-corrected chi connectivity index (χ2v) is 6.66. The van der Waals surface area contributed by atoms with Crippen molar-refractivity contribution in [1.82, 2.24) is 0 Å². The van der Waals surface area contributed by atoms with E-state index in [-0.39, 0.29) is 6.10 Å². The number of aliphatic hydroxyl groups is 5. The lowest BCUT2D eigenvalue weighted by molar-refractivity contribution is -0.365. The predicted molar refractivity (Wildman–Crippen MR) is 79.8 cm³/mol. The molecule has 2 saturated heterocycles. The maximum absolute atomic E-state index is 10.3. The molecule has 9 heteroatoms. The van der Waals surface area contributed by atoms with Crippen molar-refractivity contribution in [3.05, 3.63) is 0 Å². The normalized spacial score (nSPS) is 50.2. The van der Waals surface area contributed by atoms with Gasteiger partial charge in [-0.3, -0.25) is 0 Å². The molecule has 0 radical (unpaired) electrons. The van der Waals surface area contributed by atoms with Crippen LogP contribution in [0.3, 0.4) is 0 Å². The van der Waals surface area contributed by atoms with Gasteiger partial charge < -0.3 is 44.5 Å². The van der Waals surface area contributed by atoms with Crippen molar-refractivity contribution >= 4 is 0 Å². The Balaban J connectivity index is 2.13. The molecule has 0 aliphatic carbocycles. The van der Waals surface area contributed by atoms with Crippen LogP contribution in [0.15, 0.2) is 0 Å². The van der Waals surface area contributed by atoms with Gasteiger partial charge in [0.15, 0.2) is 12.6 Å². The monoisotopic (exact) mass is 352 g/mol. The Labute approximate surface area is 140 Å². The van der Waals surface area contributed by atoms with E-state index in [0.29, 0.717) is 0 Å². The number of hydrogen-bond acceptors (Lipinski definition) is 9. The summed E-state index contributed by atoms with van der Waals surface area (Å²) < 4.78 is 22.1. The van der Waals surface area contributed by atoms with Gasteiger partial charge in [-0.15, -0.1) is 0 Å². The minimum atomic E-state index is -1.53. The predicted octanol–water partition coefficient (Wildman–Crippen LogP) is -1.91. The summed E-state index contributed by atoms with van der Waals surface area (Å²) >= 11 is 0. The SMILES string of the molecule is CC(C)OC1O[C@H](C)[C@@H](O)[C@H](O)[C@@H]1OC1O[C@@H](C)[C@H](O)[C@@H](O)[C@H]1O. The lowest BCUT2D eigenvalue weighted by Gasteiger charge is -2.45. The van der Waals surface area contributed by atoms with Gasteiger partial charge in [-0.25, -0.2) is 0 Å². The molecule has 2 heterocycles. The van der Waals surface area contributed by atoms with Gasteiger partial charge in [0.05, 0.1) is 18.3 Å². The van der Waals surface area contributed by atoms with Gasteiger partial charge in [0.2, 0.25) is 0 Å². The molecule has 2 aliphatic rings. The highest BCUT2D eigenvalue weighted by Gasteiger charge is 2.49. The molecule has 2 rings (SSSR count). The van der Waals surface area contributed by atoms with Crippen LogP contribution >= 0.6 is 0 Å². The second-order valence-electron chi connectivity index (χ2n) is 6.66. The van der Waals surface area contributed by atoms with E-state index < -0.39 is 61.4 Å². The van der Waals surface area contributed by atoms with E-state index >= 15 is 0 Å². The van der Waals surface area contributed by atoms with E-state index in [2.05, 4.69) is 0 Å². The average Bonchev–Trinajstić information content (AvgIpc) is 2.51. The molecule has 0 amide bonds. The molecule has 10 atom stereocenters. The molecule has 0 saturated carbocycles. The van der Waals surface area contributed by atoms with E-state index in [1.54, 1.807) is 20.8 Å². The molecule has 0 bridgehead atoms. The van der Waals surface area contributed by atoms with Crippen LogP contribution in [0, 0.1) is 0 Å². The van der Waals surface area contributed by atoms with E-state index in [1.807, 2.05) is 0 Å². The summed E-state index contributed by atoms with van der Waals surface area (Å²) in [5.41, 5.74) is 0. The summed E-state index contributed by atoms with van der Waals surface area (Å²) in [6, 6.07) is 0. The van der Waals surface area contributed by atoms with Crippen molar-refractivity contribution in [2.24, 2.45) is 0 Å². The zero-order valence-corrected chi connectivity index (χ0v) is 14.2. The third-order valence-electron chi connectivity index (χ3n) is 4.29. The third kappa shape index (κ3) is 4.06. The Morgan fingerprint density at radius 3 is 1.75 bits per heavy atom. The molecule has 5 N–H and O–H groups in total. The Hall–Kier alpha value is -0.360. The van der Waals surface area contributed by atoms with Crippen LogP contribution < -0.4 is 0 Å². The molecule has 9 nitrogen and oxygen atoms in total. The second kappa shape index (κ2) is 7.90. The quantitative estimate of drug-likeness (QED) is 0.392. The number of aliphatic hydroxyl groups excluding tert-OH is 5. The first-order valence-electron chi connectivity index (χ1n) is 8.15. The van der Waals surface area contributed by atoms with E-state index in [4.69, 9.17) is 18.9 Å². The fourth-order valence-electron chi connectivity index (χ4n) is 2.81. The van der Waals surface area contributed by atoms with Crippen molar-refractivity contribution in [2.75, 3.05) is 0 Å². The summed E-state index contributed by atoms with van der Waals surface area (Å²) in [6.07, 6.45) is -12.0. The van der Waals surface area contributed by atoms with E-state index in [0.717, 1.165) is 0 Å². The first kappa shape index (κ1) is 20.0. The fourth-order valence-corrected chi connectivity index (χ4v) is 2.81. The van der Waals surface area contributed by atoms with Crippen LogP contribution in [0.25, 0.3) is 0 Å². The van der Waals surface area contributed by atoms with Gasteiger partial charge in [0.25, 0.3) is 0 Å². The third-order valence-corrected chi connectivity index (χ3v) is 4.29. The fraction of sp³-hybridized carbons (Fsp3) is 1.00. The molecular formula is C15H28O9. The molecule has 24 heavy (non-hydrogen) atoms. The summed E-state index contributed by atoms with van der Waals surface area (Å²) in [4.78, 5) is 0. The first-order valence-corrected chi connectivity index (χ1v) is 8.15. The molecule has 2 aliphatic heterocycles. The van der Waals surface area contributed by atoms with Crippen LogP contribution in [0.4, 0.5) is 0 Å². The van der Waals surface area contributed by atoms with E-state index in [1.165, 1.54) is 6.92 Å². The van der Waals surface area contributed by atoms with Gasteiger partial charge in [-0.2, -0.15) is 0 Å². The Bertz CT molecular complexity index is 406. The number of rotatable bonds is 4. The molecule has 0 aromatic rings. The Morgan fingerprint density at radius 2 is 1.21 bits per heavy atom. The molecule has 0 aromatic carbocycles. The van der Waals surface area contributed by atoms with Crippen molar-refractivity contribution in [3.8, 4) is 0 Å². The Morgan fingerprint density at radius 1 is 0.708 bits per heavy atom. The van der Waals surface area contributed by atoms with Crippen molar-refractivity contribution < 1.29 is 44.5 Å². The van der Waals surface area contributed by atoms with Crippen LogP contribution in [-0.4, -0.2) is 93.0 Å². The van der Waals surface area contributed by atoms with Crippen LogP contribution in [0.5, 0.6) is 0 Å². The maximum Gasteiger partial charge on any atom is 0.187 e. The van der Waals surface area contributed by atoms with Gasteiger partial charge in [0.1, 0.15) is 36.6 Å². The maximum atomic E-state index is 10.3. The van der Waals surface area contributed by atoms with Crippen LogP contribution in [-0.2, 0) is 18.9 Å². The average molecular weight is 352 g/mol. The summed E-state index contributed by atoms with van der Waals surface area (Å²) in [7, 11) is 0. The van der Waals surface area contributed by atoms with Crippen molar-refractivity contribution in [1.29, 1.82) is 0 Å². The highest BCUT2D eigenvalue weighted by Crippen LogP contribution is 2.29. The topological polar surface area (TPSA) is 138 Å². The van der Waals surface area contributed by atoms with Gasteiger partial charge >= 0.3 is 0 Å². The summed E-state index contributed by atoms with van der Waals surface area (Å²) in [6.45, 7) is 6.66. The number of ether oxygens (including phenoxy) is 4. The molecule has 0 aromatic heterocycles. The van der Waals surface area contributed by atoms with Gasteiger partial charge in [-0.05, 0) is 27.7 Å². The summed E-state index contributed by atoms with van der Waals surface area (Å²) in [5.74, 6) is 0. The van der Waals surface area contributed by atoms with Gasteiger partial charge in [0, 0.05) is 0 Å². The molecule has 2 unspecified atom stereocenters. The van der Waals surface area contributed by atoms with Crippen LogP contribution in [0.2, 0.25) is 0 Å². The smallest absolute Gasteiger partial charge is 0.187 e. The minimum Gasteiger partial charge on any atom is -0.388 e. The van der Waals surface area contributed by atoms with Crippen LogP contribution in [0.1, 0.15) is 27.7 Å². The van der Waals surface area contributed by atoms with E-state index in [9.17, 15) is 25.5 Å². The molecule has 2 fully saturated rings. The number of hydrogen-bond donors (Lipinski definition) is 5. The molecule has 0 spiro atoms. The van der Waals surface area contributed by atoms with Crippen molar-refractivity contribution in [2.45, 2.75) is 95.2 Å². The first-order chi connectivity index (χ1) is 11.1.